The van der Waals surface area contributed by atoms with Crippen LogP contribution >= 0.6 is 0 Å². The largest absolute Gasteiger partial charge is 0.394 e. The number of rotatable bonds is 12. The first-order valence-electron chi connectivity index (χ1n) is 5.90. The summed E-state index contributed by atoms with van der Waals surface area (Å²) in [4.78, 5) is 0. The molecule has 0 aromatic carbocycles. The van der Waals surface area contributed by atoms with Gasteiger partial charge in [0.25, 0.3) is 0 Å². The highest BCUT2D eigenvalue weighted by Crippen LogP contribution is 1.79. The molecule has 0 radical (unpaired) electrons. The number of hydrogen-bond acceptors (Lipinski definition) is 6. The molecule has 0 amide bonds. The smallest absolute Gasteiger partial charge is 0.107 e. The van der Waals surface area contributed by atoms with Crippen LogP contribution in [0.3, 0.4) is 0 Å². The highest BCUT2D eigenvalue weighted by Gasteiger charge is 1.87. The van der Waals surface area contributed by atoms with Crippen LogP contribution in [0.5, 0.6) is 0 Å². The van der Waals surface area contributed by atoms with Gasteiger partial charge in [0.2, 0.25) is 0 Å². The summed E-state index contributed by atoms with van der Waals surface area (Å²) in [6.07, 6.45) is 0. The van der Waals surface area contributed by atoms with Gasteiger partial charge in [-0.25, -0.2) is 0 Å². The van der Waals surface area contributed by atoms with Crippen LogP contribution in [0.4, 0.5) is 0 Å². The van der Waals surface area contributed by atoms with Crippen LogP contribution in [0.1, 0.15) is 0 Å². The van der Waals surface area contributed by atoms with E-state index in [1.165, 1.54) is 0 Å². The molecule has 0 bridgehead atoms. The Labute approximate surface area is 108 Å². The summed E-state index contributed by atoms with van der Waals surface area (Å²) in [5, 5.41) is 16.9. The van der Waals surface area contributed by atoms with Gasteiger partial charge in [-0.1, -0.05) is 11.8 Å². The molecule has 0 aromatic heterocycles. The molecule has 0 spiro atoms. The zero-order chi connectivity index (χ0) is 13.3. The third kappa shape index (κ3) is 15.3. The van der Waals surface area contributed by atoms with Gasteiger partial charge in [-0.05, 0) is 0 Å². The summed E-state index contributed by atoms with van der Waals surface area (Å²) in [6.45, 7) is 3.25. The molecule has 0 aliphatic carbocycles. The van der Waals surface area contributed by atoms with Crippen LogP contribution in [-0.2, 0) is 18.9 Å². The maximum Gasteiger partial charge on any atom is 0.107 e. The number of aliphatic hydroxyl groups is 2. The Hall–Kier alpha value is -0.680. The second kappa shape index (κ2) is 16.3. The quantitative estimate of drug-likeness (QED) is 0.348. The van der Waals surface area contributed by atoms with Crippen molar-refractivity contribution in [3.8, 4) is 11.8 Å². The van der Waals surface area contributed by atoms with Crippen molar-refractivity contribution >= 4 is 0 Å². The van der Waals surface area contributed by atoms with E-state index in [4.69, 9.17) is 29.2 Å². The molecule has 2 N–H and O–H groups in total. The first-order chi connectivity index (χ1) is 8.91. The third-order valence-corrected chi connectivity index (χ3v) is 1.69. The van der Waals surface area contributed by atoms with Gasteiger partial charge in [0.05, 0.1) is 52.9 Å². The lowest BCUT2D eigenvalue weighted by molar-refractivity contribution is 0.0410. The van der Waals surface area contributed by atoms with E-state index in [9.17, 15) is 0 Å². The fourth-order valence-corrected chi connectivity index (χ4v) is 0.917. The SMILES string of the molecule is OCCOCCOCC#CCOCCOCCO. The van der Waals surface area contributed by atoms with E-state index < -0.39 is 0 Å². The van der Waals surface area contributed by atoms with E-state index >= 15 is 0 Å². The van der Waals surface area contributed by atoms with Crippen molar-refractivity contribution < 1.29 is 29.2 Å². The lowest BCUT2D eigenvalue weighted by atomic mass is 10.6. The molecule has 0 aliphatic rings. The van der Waals surface area contributed by atoms with Gasteiger partial charge >= 0.3 is 0 Å². The standard InChI is InChI=1S/C12H22O6/c13-3-7-17-11-9-15-5-1-2-6-16-10-12-18-8-4-14/h13-14H,3-12H2. The van der Waals surface area contributed by atoms with Crippen molar-refractivity contribution in [1.82, 2.24) is 0 Å². The van der Waals surface area contributed by atoms with Crippen LogP contribution < -0.4 is 0 Å². The van der Waals surface area contributed by atoms with Crippen LogP contribution in [0, 0.1) is 11.8 Å². The molecular formula is C12H22O6. The van der Waals surface area contributed by atoms with E-state index in [2.05, 4.69) is 11.8 Å². The molecule has 0 rings (SSSR count). The molecule has 0 saturated heterocycles. The minimum atomic E-state index is 0.0269. The molecule has 0 aliphatic heterocycles. The van der Waals surface area contributed by atoms with Gasteiger partial charge in [-0.15, -0.1) is 0 Å². The Balaban J connectivity index is 3.05. The van der Waals surface area contributed by atoms with Crippen LogP contribution in [0.15, 0.2) is 0 Å². The highest BCUT2D eigenvalue weighted by molar-refractivity contribution is 4.99. The van der Waals surface area contributed by atoms with Crippen LogP contribution in [0.25, 0.3) is 0 Å². The van der Waals surface area contributed by atoms with Gasteiger partial charge in [0, 0.05) is 0 Å². The zero-order valence-electron chi connectivity index (χ0n) is 10.6. The average molecular weight is 262 g/mol. The van der Waals surface area contributed by atoms with Crippen molar-refractivity contribution in [2.45, 2.75) is 0 Å². The topological polar surface area (TPSA) is 77.4 Å². The lowest BCUT2D eigenvalue weighted by Crippen LogP contribution is -2.08. The van der Waals surface area contributed by atoms with Crippen molar-refractivity contribution in [2.24, 2.45) is 0 Å². The summed E-state index contributed by atoms with van der Waals surface area (Å²) in [7, 11) is 0. The van der Waals surface area contributed by atoms with E-state index in [0.717, 1.165) is 0 Å². The second-order valence-electron chi connectivity index (χ2n) is 3.13. The van der Waals surface area contributed by atoms with Gasteiger partial charge in [-0.2, -0.15) is 0 Å². The Morgan fingerprint density at radius 1 is 0.556 bits per heavy atom. The fourth-order valence-electron chi connectivity index (χ4n) is 0.917. The van der Waals surface area contributed by atoms with Crippen LogP contribution in [-0.4, -0.2) is 76.3 Å². The van der Waals surface area contributed by atoms with Gasteiger partial charge in [-0.3, -0.25) is 0 Å². The van der Waals surface area contributed by atoms with E-state index in [0.29, 0.717) is 52.9 Å². The van der Waals surface area contributed by atoms with Crippen molar-refractivity contribution in [2.75, 3.05) is 66.1 Å². The summed E-state index contributed by atoms with van der Waals surface area (Å²) in [6, 6.07) is 0. The van der Waals surface area contributed by atoms with Gasteiger partial charge in [0.15, 0.2) is 0 Å². The van der Waals surface area contributed by atoms with Gasteiger partial charge in [0.1, 0.15) is 13.2 Å². The Morgan fingerprint density at radius 3 is 1.33 bits per heavy atom. The minimum Gasteiger partial charge on any atom is -0.394 e. The third-order valence-electron chi connectivity index (χ3n) is 1.69. The Kier molecular flexibility index (Phi) is 15.7. The number of hydrogen-bond donors (Lipinski definition) is 2. The molecule has 0 heterocycles. The van der Waals surface area contributed by atoms with Crippen LogP contribution in [0.2, 0.25) is 0 Å². The molecule has 0 saturated carbocycles. The number of ether oxygens (including phenoxy) is 4. The van der Waals surface area contributed by atoms with E-state index in [-0.39, 0.29) is 13.2 Å². The molecule has 106 valence electrons. The van der Waals surface area contributed by atoms with E-state index in [1.807, 2.05) is 0 Å². The maximum atomic E-state index is 8.43. The normalized spacial score (nSPS) is 10.1. The molecule has 6 nitrogen and oxygen atoms in total. The molecule has 0 aromatic rings. The molecular weight excluding hydrogens is 240 g/mol. The van der Waals surface area contributed by atoms with Crippen molar-refractivity contribution in [3.63, 3.8) is 0 Å². The molecule has 0 fully saturated rings. The summed E-state index contributed by atoms with van der Waals surface area (Å²) in [5.74, 6) is 5.59. The average Bonchev–Trinajstić information content (AvgIpc) is 2.39. The maximum absolute atomic E-state index is 8.43. The zero-order valence-corrected chi connectivity index (χ0v) is 10.6. The predicted octanol–water partition coefficient (Wildman–Crippen LogP) is -0.959. The summed E-state index contributed by atoms with van der Waals surface area (Å²) >= 11 is 0. The molecule has 6 heteroatoms. The summed E-state index contributed by atoms with van der Waals surface area (Å²) < 4.78 is 20.3. The molecule has 0 unspecified atom stereocenters. The van der Waals surface area contributed by atoms with Crippen molar-refractivity contribution in [1.29, 1.82) is 0 Å². The predicted molar refractivity (Wildman–Crippen MR) is 65.2 cm³/mol. The Bertz CT molecular complexity index is 190. The minimum absolute atomic E-state index is 0.0269. The van der Waals surface area contributed by atoms with E-state index in [1.54, 1.807) is 0 Å². The lowest BCUT2D eigenvalue weighted by Gasteiger charge is -2.01. The number of aliphatic hydroxyl groups excluding tert-OH is 2. The molecule has 0 atom stereocenters. The first-order valence-corrected chi connectivity index (χ1v) is 5.90. The van der Waals surface area contributed by atoms with Crippen molar-refractivity contribution in [3.05, 3.63) is 0 Å². The fraction of sp³-hybridized carbons (Fsp3) is 0.833. The first kappa shape index (κ1) is 17.3. The Morgan fingerprint density at radius 2 is 0.944 bits per heavy atom. The van der Waals surface area contributed by atoms with Gasteiger partial charge < -0.3 is 29.2 Å². The molecule has 18 heavy (non-hydrogen) atoms. The highest BCUT2D eigenvalue weighted by atomic mass is 16.5. The monoisotopic (exact) mass is 262 g/mol. The second-order valence-corrected chi connectivity index (χ2v) is 3.13. The summed E-state index contributed by atoms with van der Waals surface area (Å²) in [5.41, 5.74) is 0.